The van der Waals surface area contributed by atoms with Crippen LogP contribution in [0.4, 0.5) is 4.79 Å². The number of aliphatic carboxylic acids is 1. The molecule has 1 rings (SSSR count). The molecule has 1 aliphatic rings. The zero-order chi connectivity index (χ0) is 14.3. The number of carboxylic acid groups (broad SMARTS) is 1. The van der Waals surface area contributed by atoms with Gasteiger partial charge < -0.3 is 20.5 Å². The van der Waals surface area contributed by atoms with Gasteiger partial charge in [-0.3, -0.25) is 0 Å². The molecular weight excluding hydrogens is 248 g/mol. The summed E-state index contributed by atoms with van der Waals surface area (Å²) in [5.41, 5.74) is -1.16. The number of amides is 2. The highest BCUT2D eigenvalue weighted by Crippen LogP contribution is 2.39. The summed E-state index contributed by atoms with van der Waals surface area (Å²) in [6.45, 7) is 5.16. The van der Waals surface area contributed by atoms with Gasteiger partial charge in [-0.05, 0) is 32.1 Å². The Labute approximate surface area is 113 Å². The van der Waals surface area contributed by atoms with Crippen LogP contribution in [0.15, 0.2) is 0 Å². The number of ether oxygens (including phenoxy) is 1. The van der Waals surface area contributed by atoms with Crippen LogP contribution in [0, 0.1) is 5.92 Å². The van der Waals surface area contributed by atoms with E-state index >= 15 is 0 Å². The minimum absolute atomic E-state index is 0.0385. The zero-order valence-electron chi connectivity index (χ0n) is 11.7. The van der Waals surface area contributed by atoms with Crippen molar-refractivity contribution in [2.75, 3.05) is 19.8 Å². The topological polar surface area (TPSA) is 87.7 Å². The smallest absolute Gasteiger partial charge is 0.329 e. The summed E-state index contributed by atoms with van der Waals surface area (Å²) in [6, 6.07) is -0.448. The van der Waals surface area contributed by atoms with Crippen molar-refractivity contribution in [3.63, 3.8) is 0 Å². The van der Waals surface area contributed by atoms with Crippen molar-refractivity contribution in [3.05, 3.63) is 0 Å². The molecule has 110 valence electrons. The summed E-state index contributed by atoms with van der Waals surface area (Å²) >= 11 is 0. The third-order valence-corrected chi connectivity index (χ3v) is 3.39. The number of urea groups is 1. The molecule has 0 heterocycles. The van der Waals surface area contributed by atoms with Gasteiger partial charge in [-0.15, -0.1) is 0 Å². The van der Waals surface area contributed by atoms with Gasteiger partial charge in [0, 0.05) is 13.2 Å². The molecule has 1 fully saturated rings. The third-order valence-electron chi connectivity index (χ3n) is 3.39. The fourth-order valence-electron chi connectivity index (χ4n) is 1.86. The number of hydrogen-bond acceptors (Lipinski definition) is 3. The van der Waals surface area contributed by atoms with E-state index in [1.165, 1.54) is 0 Å². The lowest BCUT2D eigenvalue weighted by atomic mass is 9.96. The van der Waals surface area contributed by atoms with Crippen LogP contribution in [0.5, 0.6) is 0 Å². The third kappa shape index (κ3) is 5.06. The molecule has 6 heteroatoms. The van der Waals surface area contributed by atoms with Gasteiger partial charge in [0.2, 0.25) is 0 Å². The summed E-state index contributed by atoms with van der Waals surface area (Å²) in [7, 11) is 0. The van der Waals surface area contributed by atoms with Gasteiger partial charge in [0.15, 0.2) is 0 Å². The molecule has 0 aliphatic heterocycles. The van der Waals surface area contributed by atoms with Crippen molar-refractivity contribution in [2.24, 2.45) is 5.92 Å². The average molecular weight is 272 g/mol. The van der Waals surface area contributed by atoms with Crippen molar-refractivity contribution in [1.82, 2.24) is 10.6 Å². The molecule has 1 saturated carbocycles. The van der Waals surface area contributed by atoms with Crippen LogP contribution in [-0.4, -0.2) is 42.4 Å². The molecule has 0 aromatic rings. The van der Waals surface area contributed by atoms with Crippen LogP contribution in [0.25, 0.3) is 0 Å². The van der Waals surface area contributed by atoms with Crippen molar-refractivity contribution in [1.29, 1.82) is 0 Å². The predicted molar refractivity (Wildman–Crippen MR) is 71.0 cm³/mol. The zero-order valence-corrected chi connectivity index (χ0v) is 11.7. The molecule has 2 amide bonds. The lowest BCUT2D eigenvalue weighted by Crippen LogP contribution is -2.57. The molecule has 0 radical (unpaired) electrons. The first-order valence-corrected chi connectivity index (χ1v) is 6.88. The molecule has 3 N–H and O–H groups in total. The summed E-state index contributed by atoms with van der Waals surface area (Å²) in [6.07, 6.45) is 3.78. The van der Waals surface area contributed by atoms with Gasteiger partial charge in [-0.1, -0.05) is 13.3 Å². The number of unbranched alkanes of at least 4 members (excludes halogenated alkanes) is 1. The standard InChI is InChI=1S/C13H24N2O4/c1-3-4-8-19-9-7-14-12(18)15-13(2,11(16)17)10-5-6-10/h10H,3-9H2,1-2H3,(H,16,17)(H2,14,15,18). The van der Waals surface area contributed by atoms with E-state index in [0.717, 1.165) is 25.7 Å². The highest BCUT2D eigenvalue weighted by molar-refractivity contribution is 5.86. The summed E-state index contributed by atoms with van der Waals surface area (Å²) in [5.74, 6) is -0.944. The van der Waals surface area contributed by atoms with E-state index in [0.29, 0.717) is 19.8 Å². The second-order valence-electron chi connectivity index (χ2n) is 5.13. The largest absolute Gasteiger partial charge is 0.480 e. The average Bonchev–Trinajstić information content (AvgIpc) is 3.17. The van der Waals surface area contributed by atoms with E-state index in [1.807, 2.05) is 0 Å². The Morgan fingerprint density at radius 2 is 2.05 bits per heavy atom. The molecule has 0 saturated heterocycles. The Morgan fingerprint density at radius 3 is 2.58 bits per heavy atom. The molecule has 1 unspecified atom stereocenters. The number of hydrogen-bond donors (Lipinski definition) is 3. The molecule has 6 nitrogen and oxygen atoms in total. The first kappa shape index (κ1) is 15.8. The van der Waals surface area contributed by atoms with Crippen LogP contribution in [0.2, 0.25) is 0 Å². The molecule has 0 spiro atoms. The molecular formula is C13H24N2O4. The van der Waals surface area contributed by atoms with Gasteiger partial charge in [0.1, 0.15) is 5.54 Å². The number of nitrogens with one attached hydrogen (secondary N) is 2. The maximum atomic E-state index is 11.6. The van der Waals surface area contributed by atoms with E-state index in [-0.39, 0.29) is 5.92 Å². The number of carbonyl (C=O) groups excluding carboxylic acids is 1. The van der Waals surface area contributed by atoms with Crippen molar-refractivity contribution in [3.8, 4) is 0 Å². The Hall–Kier alpha value is -1.30. The van der Waals surface area contributed by atoms with Gasteiger partial charge in [-0.25, -0.2) is 9.59 Å². The number of carboxylic acids is 1. The Bertz CT molecular complexity index is 318. The maximum Gasteiger partial charge on any atom is 0.329 e. The maximum absolute atomic E-state index is 11.6. The molecule has 1 aliphatic carbocycles. The fraction of sp³-hybridized carbons (Fsp3) is 0.846. The molecule has 0 aromatic carbocycles. The Kier molecular flexibility index (Phi) is 6.08. The second kappa shape index (κ2) is 7.33. The van der Waals surface area contributed by atoms with Crippen LogP contribution < -0.4 is 10.6 Å². The summed E-state index contributed by atoms with van der Waals surface area (Å²) < 4.78 is 5.30. The minimum Gasteiger partial charge on any atom is -0.480 e. The number of carbonyl (C=O) groups is 2. The van der Waals surface area contributed by atoms with Crippen LogP contribution in [0.1, 0.15) is 39.5 Å². The minimum atomic E-state index is -1.16. The van der Waals surface area contributed by atoms with E-state index in [1.54, 1.807) is 6.92 Å². The monoisotopic (exact) mass is 272 g/mol. The highest BCUT2D eigenvalue weighted by atomic mass is 16.5. The molecule has 19 heavy (non-hydrogen) atoms. The normalized spacial score (nSPS) is 17.6. The SMILES string of the molecule is CCCCOCCNC(=O)NC(C)(C(=O)O)C1CC1. The van der Waals surface area contributed by atoms with Crippen LogP contribution in [-0.2, 0) is 9.53 Å². The Morgan fingerprint density at radius 1 is 1.37 bits per heavy atom. The quantitative estimate of drug-likeness (QED) is 0.553. The van der Waals surface area contributed by atoms with Crippen LogP contribution >= 0.6 is 0 Å². The van der Waals surface area contributed by atoms with Gasteiger partial charge in [0.05, 0.1) is 6.61 Å². The predicted octanol–water partition coefficient (Wildman–Crippen LogP) is 1.36. The van der Waals surface area contributed by atoms with Crippen molar-refractivity contribution >= 4 is 12.0 Å². The van der Waals surface area contributed by atoms with Crippen molar-refractivity contribution < 1.29 is 19.4 Å². The fourth-order valence-corrected chi connectivity index (χ4v) is 1.86. The van der Waals surface area contributed by atoms with E-state index < -0.39 is 17.5 Å². The van der Waals surface area contributed by atoms with Gasteiger partial charge in [0.25, 0.3) is 0 Å². The lowest BCUT2D eigenvalue weighted by molar-refractivity contribution is -0.144. The first-order valence-electron chi connectivity index (χ1n) is 6.88. The van der Waals surface area contributed by atoms with Crippen LogP contribution in [0.3, 0.4) is 0 Å². The van der Waals surface area contributed by atoms with E-state index in [2.05, 4.69) is 17.6 Å². The van der Waals surface area contributed by atoms with Gasteiger partial charge >= 0.3 is 12.0 Å². The highest BCUT2D eigenvalue weighted by Gasteiger charge is 2.48. The lowest BCUT2D eigenvalue weighted by Gasteiger charge is -2.26. The Balaban J connectivity index is 2.20. The first-order chi connectivity index (χ1) is 9.00. The molecule has 0 bridgehead atoms. The second-order valence-corrected chi connectivity index (χ2v) is 5.13. The van der Waals surface area contributed by atoms with E-state index in [9.17, 15) is 14.7 Å². The van der Waals surface area contributed by atoms with Gasteiger partial charge in [-0.2, -0.15) is 0 Å². The number of rotatable bonds is 9. The molecule has 0 aromatic heterocycles. The van der Waals surface area contributed by atoms with E-state index in [4.69, 9.17) is 4.74 Å². The summed E-state index contributed by atoms with van der Waals surface area (Å²) in [4.78, 5) is 22.9. The molecule has 1 atom stereocenters. The van der Waals surface area contributed by atoms with Crippen molar-refractivity contribution in [2.45, 2.75) is 45.1 Å². The summed E-state index contributed by atoms with van der Waals surface area (Å²) in [5, 5.41) is 14.4.